The van der Waals surface area contributed by atoms with Gasteiger partial charge in [-0.1, -0.05) is 12.1 Å². The fourth-order valence-electron chi connectivity index (χ4n) is 1.34. The quantitative estimate of drug-likeness (QED) is 0.643. The molecule has 0 aliphatic carbocycles. The van der Waals surface area contributed by atoms with Crippen molar-refractivity contribution in [3.05, 3.63) is 29.8 Å². The molecule has 0 bridgehead atoms. The van der Waals surface area contributed by atoms with Gasteiger partial charge in [-0.3, -0.25) is 4.79 Å². The summed E-state index contributed by atoms with van der Waals surface area (Å²) in [6, 6.07) is 6.75. The second kappa shape index (κ2) is 7.29. The van der Waals surface area contributed by atoms with Gasteiger partial charge in [0.1, 0.15) is 19.0 Å². The van der Waals surface area contributed by atoms with Gasteiger partial charge < -0.3 is 20.3 Å². The number of phenols is 1. The van der Waals surface area contributed by atoms with Gasteiger partial charge in [-0.15, -0.1) is 0 Å². The third-order valence-electron chi connectivity index (χ3n) is 2.11. The van der Waals surface area contributed by atoms with Crippen molar-refractivity contribution in [2.75, 3.05) is 19.8 Å². The average molecular weight is 253 g/mol. The van der Waals surface area contributed by atoms with Crippen LogP contribution in [0.25, 0.3) is 0 Å². The molecule has 0 atom stereocenters. The predicted octanol–water partition coefficient (Wildman–Crippen LogP) is 0.152. The number of phenolic OH excluding ortho intramolecular Hbond substituents is 1. The van der Waals surface area contributed by atoms with E-state index < -0.39 is 12.6 Å². The van der Waals surface area contributed by atoms with Crippen LogP contribution in [0.2, 0.25) is 0 Å². The molecule has 6 heteroatoms. The number of carboxylic acid groups (broad SMARTS) is 1. The summed E-state index contributed by atoms with van der Waals surface area (Å²) in [7, 11) is 0. The summed E-state index contributed by atoms with van der Waals surface area (Å²) < 4.78 is 4.63. The van der Waals surface area contributed by atoms with Crippen molar-refractivity contribution in [1.82, 2.24) is 5.32 Å². The van der Waals surface area contributed by atoms with Crippen LogP contribution in [-0.4, -0.2) is 41.8 Å². The van der Waals surface area contributed by atoms with E-state index >= 15 is 0 Å². The van der Waals surface area contributed by atoms with E-state index in [0.29, 0.717) is 13.0 Å². The number of hydrogen-bond acceptors (Lipinski definition) is 4. The summed E-state index contributed by atoms with van der Waals surface area (Å²) >= 11 is 0. The Kier molecular flexibility index (Phi) is 5.66. The van der Waals surface area contributed by atoms with Crippen molar-refractivity contribution >= 4 is 11.9 Å². The van der Waals surface area contributed by atoms with Crippen LogP contribution in [0.3, 0.4) is 0 Å². The molecule has 6 nitrogen and oxygen atoms in total. The fourth-order valence-corrected chi connectivity index (χ4v) is 1.34. The summed E-state index contributed by atoms with van der Waals surface area (Å²) in [5, 5.41) is 20.1. The summed E-state index contributed by atoms with van der Waals surface area (Å²) in [4.78, 5) is 21.3. The zero-order valence-electron chi connectivity index (χ0n) is 9.76. The normalized spacial score (nSPS) is 10.0. The first-order valence-corrected chi connectivity index (χ1v) is 5.42. The first-order valence-electron chi connectivity index (χ1n) is 5.42. The summed E-state index contributed by atoms with van der Waals surface area (Å²) in [6.07, 6.45) is 0.582. The number of hydrogen-bond donors (Lipinski definition) is 3. The highest BCUT2D eigenvalue weighted by molar-refractivity contribution is 5.77. The molecule has 0 aliphatic rings. The van der Waals surface area contributed by atoms with Crippen LogP contribution in [0.15, 0.2) is 24.3 Å². The Morgan fingerprint density at radius 2 is 2.06 bits per heavy atom. The Hall–Kier alpha value is -2.08. The van der Waals surface area contributed by atoms with Gasteiger partial charge in [0.25, 0.3) is 0 Å². The van der Waals surface area contributed by atoms with E-state index in [2.05, 4.69) is 10.1 Å². The number of nitrogens with one attached hydrogen (secondary N) is 1. The molecule has 1 amide bonds. The lowest BCUT2D eigenvalue weighted by Gasteiger charge is -2.05. The molecule has 0 radical (unpaired) electrons. The maximum atomic E-state index is 11.2. The number of carboxylic acids is 1. The first-order chi connectivity index (χ1) is 8.58. The molecular weight excluding hydrogens is 238 g/mol. The monoisotopic (exact) mass is 253 g/mol. The first kappa shape index (κ1) is 14.0. The number of carbonyl (C=O) groups excluding carboxylic acids is 1. The van der Waals surface area contributed by atoms with E-state index in [9.17, 15) is 14.7 Å². The standard InChI is InChI=1S/C12H15NO5/c14-10-3-1-2-9(6-10)4-5-13-11(15)7-18-8-12(16)17/h1-3,6,14H,4-5,7-8H2,(H,13,15)(H,16,17). The molecular formula is C12H15NO5. The Morgan fingerprint density at radius 1 is 1.28 bits per heavy atom. The van der Waals surface area contributed by atoms with Gasteiger partial charge in [-0.05, 0) is 24.1 Å². The van der Waals surface area contributed by atoms with Gasteiger partial charge in [0, 0.05) is 6.54 Å². The summed E-state index contributed by atoms with van der Waals surface area (Å²) in [5.41, 5.74) is 0.904. The van der Waals surface area contributed by atoms with Gasteiger partial charge in [-0.25, -0.2) is 4.79 Å². The van der Waals surface area contributed by atoms with Crippen LogP contribution in [0, 0.1) is 0 Å². The molecule has 0 spiro atoms. The Labute approximate surface area is 104 Å². The molecule has 0 saturated carbocycles. The zero-order chi connectivity index (χ0) is 13.4. The van der Waals surface area contributed by atoms with Gasteiger partial charge in [0.05, 0.1) is 0 Å². The Morgan fingerprint density at radius 3 is 2.72 bits per heavy atom. The van der Waals surface area contributed by atoms with E-state index in [1.165, 1.54) is 0 Å². The van der Waals surface area contributed by atoms with Crippen molar-refractivity contribution in [1.29, 1.82) is 0 Å². The fraction of sp³-hybridized carbons (Fsp3) is 0.333. The molecule has 3 N–H and O–H groups in total. The maximum Gasteiger partial charge on any atom is 0.329 e. The lowest BCUT2D eigenvalue weighted by atomic mass is 10.1. The topological polar surface area (TPSA) is 95.9 Å². The third-order valence-corrected chi connectivity index (χ3v) is 2.11. The second-order valence-corrected chi connectivity index (χ2v) is 3.66. The molecule has 1 aromatic carbocycles. The van der Waals surface area contributed by atoms with Crippen molar-refractivity contribution in [2.24, 2.45) is 0 Å². The molecule has 0 heterocycles. The number of ether oxygens (including phenoxy) is 1. The van der Waals surface area contributed by atoms with Gasteiger partial charge in [0.2, 0.25) is 5.91 Å². The smallest absolute Gasteiger partial charge is 0.329 e. The highest BCUT2D eigenvalue weighted by atomic mass is 16.5. The molecule has 98 valence electrons. The predicted molar refractivity (Wildman–Crippen MR) is 63.3 cm³/mol. The van der Waals surface area contributed by atoms with E-state index in [1.54, 1.807) is 18.2 Å². The lowest BCUT2D eigenvalue weighted by Crippen LogP contribution is -2.30. The van der Waals surface area contributed by atoms with E-state index in [1.807, 2.05) is 6.07 Å². The van der Waals surface area contributed by atoms with E-state index in [-0.39, 0.29) is 18.3 Å². The van der Waals surface area contributed by atoms with Crippen molar-refractivity contribution in [3.63, 3.8) is 0 Å². The largest absolute Gasteiger partial charge is 0.508 e. The van der Waals surface area contributed by atoms with Gasteiger partial charge >= 0.3 is 5.97 Å². The van der Waals surface area contributed by atoms with Crippen LogP contribution in [0.4, 0.5) is 0 Å². The minimum atomic E-state index is -1.11. The minimum Gasteiger partial charge on any atom is -0.508 e. The minimum absolute atomic E-state index is 0.184. The molecule has 0 fully saturated rings. The molecule has 0 aliphatic heterocycles. The van der Waals surface area contributed by atoms with Crippen LogP contribution in [-0.2, 0) is 20.7 Å². The molecule has 1 aromatic rings. The molecule has 0 unspecified atom stereocenters. The van der Waals surface area contributed by atoms with Gasteiger partial charge in [-0.2, -0.15) is 0 Å². The van der Waals surface area contributed by atoms with Crippen molar-refractivity contribution < 1.29 is 24.5 Å². The van der Waals surface area contributed by atoms with Crippen molar-refractivity contribution in [3.8, 4) is 5.75 Å². The highest BCUT2D eigenvalue weighted by Crippen LogP contribution is 2.10. The van der Waals surface area contributed by atoms with Crippen LogP contribution >= 0.6 is 0 Å². The summed E-state index contributed by atoms with van der Waals surface area (Å²) in [6.45, 7) is -0.356. The van der Waals surface area contributed by atoms with E-state index in [4.69, 9.17) is 5.11 Å². The van der Waals surface area contributed by atoms with Crippen molar-refractivity contribution in [2.45, 2.75) is 6.42 Å². The number of aliphatic carboxylic acids is 1. The number of rotatable bonds is 7. The van der Waals surface area contributed by atoms with Crippen LogP contribution < -0.4 is 5.32 Å². The number of amides is 1. The average Bonchev–Trinajstić information content (AvgIpc) is 2.28. The Balaban J connectivity index is 2.17. The molecule has 0 aromatic heterocycles. The zero-order valence-corrected chi connectivity index (χ0v) is 9.76. The van der Waals surface area contributed by atoms with Gasteiger partial charge in [0.15, 0.2) is 0 Å². The van der Waals surface area contributed by atoms with Crippen LogP contribution in [0.5, 0.6) is 5.75 Å². The summed E-state index contributed by atoms with van der Waals surface area (Å²) in [5.74, 6) is -1.29. The maximum absolute atomic E-state index is 11.2. The molecule has 0 saturated heterocycles. The second-order valence-electron chi connectivity index (χ2n) is 3.66. The van der Waals surface area contributed by atoms with Crippen LogP contribution in [0.1, 0.15) is 5.56 Å². The number of benzene rings is 1. The van der Waals surface area contributed by atoms with E-state index in [0.717, 1.165) is 5.56 Å². The number of carbonyl (C=O) groups is 2. The third kappa shape index (κ3) is 5.86. The Bertz CT molecular complexity index is 419. The molecule has 18 heavy (non-hydrogen) atoms. The lowest BCUT2D eigenvalue weighted by molar-refractivity contribution is -0.143. The highest BCUT2D eigenvalue weighted by Gasteiger charge is 2.03. The number of aromatic hydroxyl groups is 1. The molecule has 1 rings (SSSR count). The SMILES string of the molecule is O=C(O)COCC(=O)NCCc1cccc(O)c1.